The highest BCUT2D eigenvalue weighted by Crippen LogP contribution is 2.25. The third-order valence-electron chi connectivity index (χ3n) is 4.99. The van der Waals surface area contributed by atoms with Gasteiger partial charge < -0.3 is 14.5 Å². The number of carboxylic acid groups (broad SMARTS) is 1. The molecule has 1 amide bonds. The fourth-order valence-electron chi connectivity index (χ4n) is 3.38. The fraction of sp³-hybridized carbons (Fsp3) is 0.450. The van der Waals surface area contributed by atoms with E-state index < -0.39 is 5.97 Å². The second kappa shape index (κ2) is 7.72. The minimum atomic E-state index is -0.889. The van der Waals surface area contributed by atoms with E-state index in [0.717, 1.165) is 30.5 Å². The second-order valence-electron chi connectivity index (χ2n) is 7.17. The zero-order valence-electron chi connectivity index (χ0n) is 15.1. The number of piperidine rings is 1. The second-order valence-corrected chi connectivity index (χ2v) is 7.17. The molecule has 1 aliphatic heterocycles. The van der Waals surface area contributed by atoms with Gasteiger partial charge in [-0.2, -0.15) is 0 Å². The molecule has 0 bridgehead atoms. The van der Waals surface area contributed by atoms with E-state index in [9.17, 15) is 14.7 Å². The molecule has 1 fully saturated rings. The van der Waals surface area contributed by atoms with Gasteiger partial charge in [-0.3, -0.25) is 4.79 Å². The van der Waals surface area contributed by atoms with E-state index in [0.29, 0.717) is 30.3 Å². The van der Waals surface area contributed by atoms with Gasteiger partial charge in [-0.05, 0) is 42.7 Å². The van der Waals surface area contributed by atoms with Gasteiger partial charge in [-0.25, -0.2) is 4.79 Å². The lowest BCUT2D eigenvalue weighted by atomic mass is 9.88. The number of amides is 1. The Morgan fingerprint density at radius 2 is 1.96 bits per heavy atom. The number of hydrogen-bond acceptors (Lipinski definition) is 4. The van der Waals surface area contributed by atoms with Crippen LogP contribution in [0.1, 0.15) is 64.8 Å². The van der Waals surface area contributed by atoms with Crippen LogP contribution in [0.3, 0.4) is 0 Å². The summed E-state index contributed by atoms with van der Waals surface area (Å²) in [5.41, 5.74) is 2.02. The topological polar surface area (TPSA) is 83.6 Å². The molecule has 0 aliphatic carbocycles. The van der Waals surface area contributed by atoms with Crippen LogP contribution in [0.4, 0.5) is 0 Å². The van der Waals surface area contributed by atoms with Crippen molar-refractivity contribution in [3.63, 3.8) is 0 Å². The zero-order chi connectivity index (χ0) is 18.7. The predicted octanol–water partition coefficient (Wildman–Crippen LogP) is 3.59. The maximum absolute atomic E-state index is 12.6. The molecule has 6 nitrogen and oxygen atoms in total. The van der Waals surface area contributed by atoms with Crippen LogP contribution in [0.15, 0.2) is 34.9 Å². The van der Waals surface area contributed by atoms with Crippen LogP contribution in [0.25, 0.3) is 0 Å². The van der Waals surface area contributed by atoms with Crippen molar-refractivity contribution in [2.75, 3.05) is 13.1 Å². The highest BCUT2D eigenvalue weighted by atomic mass is 16.5. The van der Waals surface area contributed by atoms with Gasteiger partial charge in [-0.1, -0.05) is 37.2 Å². The van der Waals surface area contributed by atoms with Gasteiger partial charge >= 0.3 is 5.97 Å². The molecule has 26 heavy (non-hydrogen) atoms. The standard InChI is InChI=1S/C20H24N2O4/c1-13(2)17-12-18(26-21-17)19(23)22-9-7-14(8-10-22)11-15-5-3-4-6-16(15)20(24)25/h3-6,12-14H,7-11H2,1-2H3,(H,24,25). The molecule has 0 radical (unpaired) electrons. The molecular formula is C20H24N2O4. The third-order valence-corrected chi connectivity index (χ3v) is 4.99. The van der Waals surface area contributed by atoms with Gasteiger partial charge in [0.25, 0.3) is 5.91 Å². The molecule has 0 saturated carbocycles. The smallest absolute Gasteiger partial charge is 0.335 e. The van der Waals surface area contributed by atoms with Crippen LogP contribution < -0.4 is 0 Å². The predicted molar refractivity (Wildman–Crippen MR) is 96.3 cm³/mol. The molecule has 1 aliphatic rings. The van der Waals surface area contributed by atoms with Crippen molar-refractivity contribution in [1.82, 2.24) is 10.1 Å². The number of benzene rings is 1. The van der Waals surface area contributed by atoms with Crippen LogP contribution in [0.5, 0.6) is 0 Å². The minimum Gasteiger partial charge on any atom is -0.478 e. The van der Waals surface area contributed by atoms with E-state index in [-0.39, 0.29) is 11.8 Å². The Bertz CT molecular complexity index is 789. The number of carboxylic acids is 1. The summed E-state index contributed by atoms with van der Waals surface area (Å²) in [6.45, 7) is 5.31. The van der Waals surface area contributed by atoms with Crippen molar-refractivity contribution in [1.29, 1.82) is 0 Å². The highest BCUT2D eigenvalue weighted by Gasteiger charge is 2.27. The maximum Gasteiger partial charge on any atom is 0.335 e. The quantitative estimate of drug-likeness (QED) is 0.885. The number of likely N-dealkylation sites (tertiary alicyclic amines) is 1. The molecule has 2 aromatic rings. The van der Waals surface area contributed by atoms with Crippen molar-refractivity contribution in [3.8, 4) is 0 Å². The average Bonchev–Trinajstić information content (AvgIpc) is 3.12. The average molecular weight is 356 g/mol. The molecule has 0 unspecified atom stereocenters. The number of aromatic carboxylic acids is 1. The number of aromatic nitrogens is 1. The van der Waals surface area contributed by atoms with Crippen molar-refractivity contribution < 1.29 is 19.2 Å². The number of carbonyl (C=O) groups excluding carboxylic acids is 1. The molecule has 1 aromatic carbocycles. The van der Waals surface area contributed by atoms with Crippen molar-refractivity contribution in [2.24, 2.45) is 5.92 Å². The highest BCUT2D eigenvalue weighted by molar-refractivity contribution is 5.91. The van der Waals surface area contributed by atoms with Crippen LogP contribution in [0.2, 0.25) is 0 Å². The largest absolute Gasteiger partial charge is 0.478 e. The Labute approximate surface area is 152 Å². The Morgan fingerprint density at radius 1 is 1.27 bits per heavy atom. The van der Waals surface area contributed by atoms with Gasteiger partial charge in [0.05, 0.1) is 11.3 Å². The molecule has 3 rings (SSSR count). The number of carbonyl (C=O) groups is 2. The first-order valence-corrected chi connectivity index (χ1v) is 9.02. The molecule has 0 atom stereocenters. The van der Waals surface area contributed by atoms with E-state index in [1.807, 2.05) is 26.0 Å². The maximum atomic E-state index is 12.6. The van der Waals surface area contributed by atoms with Crippen molar-refractivity contribution in [2.45, 2.75) is 39.0 Å². The molecule has 0 spiro atoms. The minimum absolute atomic E-state index is 0.117. The lowest BCUT2D eigenvalue weighted by molar-refractivity contribution is 0.0648. The van der Waals surface area contributed by atoms with Crippen LogP contribution in [0, 0.1) is 5.92 Å². The molecule has 1 N–H and O–H groups in total. The Kier molecular flexibility index (Phi) is 5.40. The monoisotopic (exact) mass is 356 g/mol. The summed E-state index contributed by atoms with van der Waals surface area (Å²) in [6, 6.07) is 8.87. The summed E-state index contributed by atoms with van der Waals surface area (Å²) < 4.78 is 5.20. The summed E-state index contributed by atoms with van der Waals surface area (Å²) in [5, 5.41) is 13.3. The molecular weight excluding hydrogens is 332 g/mol. The SMILES string of the molecule is CC(C)c1cc(C(=O)N2CCC(Cc3ccccc3C(=O)O)CC2)on1. The summed E-state index contributed by atoms with van der Waals surface area (Å²) in [6.07, 6.45) is 2.43. The van der Waals surface area contributed by atoms with Gasteiger partial charge in [-0.15, -0.1) is 0 Å². The lowest BCUT2D eigenvalue weighted by Crippen LogP contribution is -2.38. The van der Waals surface area contributed by atoms with Crippen molar-refractivity contribution >= 4 is 11.9 Å². The third kappa shape index (κ3) is 3.95. The molecule has 2 heterocycles. The first-order chi connectivity index (χ1) is 12.5. The summed E-state index contributed by atoms with van der Waals surface area (Å²) in [5.74, 6) is -0.113. The van der Waals surface area contributed by atoms with Gasteiger partial charge in [0, 0.05) is 19.2 Å². The van der Waals surface area contributed by atoms with E-state index >= 15 is 0 Å². The molecule has 6 heteroatoms. The van der Waals surface area contributed by atoms with Crippen molar-refractivity contribution in [3.05, 3.63) is 52.9 Å². The van der Waals surface area contributed by atoms with E-state index in [1.54, 1.807) is 23.1 Å². The summed E-state index contributed by atoms with van der Waals surface area (Å²) in [4.78, 5) is 25.7. The van der Waals surface area contributed by atoms with Gasteiger partial charge in [0.1, 0.15) is 0 Å². The van der Waals surface area contributed by atoms with Crippen LogP contribution in [-0.4, -0.2) is 40.1 Å². The summed E-state index contributed by atoms with van der Waals surface area (Å²) in [7, 11) is 0. The zero-order valence-corrected chi connectivity index (χ0v) is 15.1. The van der Waals surface area contributed by atoms with Gasteiger partial charge in [0.15, 0.2) is 0 Å². The number of nitrogens with zero attached hydrogens (tertiary/aromatic N) is 2. The number of hydrogen-bond donors (Lipinski definition) is 1. The first kappa shape index (κ1) is 18.2. The molecule has 1 saturated heterocycles. The fourth-order valence-corrected chi connectivity index (χ4v) is 3.38. The molecule has 138 valence electrons. The normalized spacial score (nSPS) is 15.4. The van der Waals surface area contributed by atoms with E-state index in [2.05, 4.69) is 5.16 Å². The Hall–Kier alpha value is -2.63. The lowest BCUT2D eigenvalue weighted by Gasteiger charge is -2.31. The Balaban J connectivity index is 1.59. The Morgan fingerprint density at radius 3 is 2.58 bits per heavy atom. The number of rotatable bonds is 5. The van der Waals surface area contributed by atoms with Gasteiger partial charge in [0.2, 0.25) is 5.76 Å². The first-order valence-electron chi connectivity index (χ1n) is 9.02. The molecule has 1 aromatic heterocycles. The van der Waals surface area contributed by atoms with Crippen LogP contribution >= 0.6 is 0 Å². The van der Waals surface area contributed by atoms with E-state index in [4.69, 9.17) is 4.52 Å². The van der Waals surface area contributed by atoms with Crippen LogP contribution in [-0.2, 0) is 6.42 Å². The van der Waals surface area contributed by atoms with E-state index in [1.165, 1.54) is 0 Å². The summed E-state index contributed by atoms with van der Waals surface area (Å²) >= 11 is 0.